The smallest absolute Gasteiger partial charge is 0.219 e. The number of rotatable bonds is 2. The molecule has 0 saturated heterocycles. The van der Waals surface area contributed by atoms with Gasteiger partial charge in [0.15, 0.2) is 11.6 Å². The molecule has 0 aliphatic heterocycles. The molecule has 0 amide bonds. The Morgan fingerprint density at radius 2 is 2.00 bits per heavy atom. The summed E-state index contributed by atoms with van der Waals surface area (Å²) >= 11 is 3.34. The van der Waals surface area contributed by atoms with Crippen molar-refractivity contribution in [3.8, 4) is 11.6 Å². The van der Waals surface area contributed by atoms with Crippen LogP contribution in [0.1, 0.15) is 11.3 Å². The molecule has 0 saturated carbocycles. The molecule has 2 N–H and O–H groups in total. The van der Waals surface area contributed by atoms with Gasteiger partial charge < -0.3 is 10.5 Å². The number of ether oxygens (including phenoxy) is 1. The van der Waals surface area contributed by atoms with E-state index in [2.05, 4.69) is 20.9 Å². The van der Waals surface area contributed by atoms with Gasteiger partial charge in [0, 0.05) is 22.3 Å². The van der Waals surface area contributed by atoms with Crippen molar-refractivity contribution in [2.45, 2.75) is 13.8 Å². The van der Waals surface area contributed by atoms with Gasteiger partial charge in [-0.2, -0.15) is 0 Å². The fraction of sp³-hybridized carbons (Fsp3) is 0.154. The Hall–Kier alpha value is -1.62. The number of hydrogen-bond acceptors (Lipinski definition) is 3. The summed E-state index contributed by atoms with van der Waals surface area (Å²) in [5, 5.41) is 0. The number of aryl methyl sites for hydroxylation is 2. The number of pyridine rings is 1. The van der Waals surface area contributed by atoms with Crippen LogP contribution in [0.15, 0.2) is 28.7 Å². The summed E-state index contributed by atoms with van der Waals surface area (Å²) in [5.74, 6) is -0.0323. The molecule has 1 aromatic carbocycles. The van der Waals surface area contributed by atoms with Gasteiger partial charge >= 0.3 is 0 Å². The van der Waals surface area contributed by atoms with Crippen molar-refractivity contribution in [1.29, 1.82) is 0 Å². The van der Waals surface area contributed by atoms with Crippen LogP contribution in [0.3, 0.4) is 0 Å². The van der Waals surface area contributed by atoms with E-state index in [9.17, 15) is 4.39 Å². The van der Waals surface area contributed by atoms with Gasteiger partial charge in [-0.3, -0.25) is 0 Å². The van der Waals surface area contributed by atoms with Crippen molar-refractivity contribution in [2.75, 3.05) is 5.73 Å². The van der Waals surface area contributed by atoms with Crippen molar-refractivity contribution in [3.63, 3.8) is 0 Å². The van der Waals surface area contributed by atoms with Crippen LogP contribution in [0, 0.1) is 19.7 Å². The molecular formula is C13H12BrFN2O. The molecule has 18 heavy (non-hydrogen) atoms. The molecule has 2 aromatic rings. The minimum Gasteiger partial charge on any atom is -0.436 e. The molecule has 1 heterocycles. The Balaban J connectivity index is 2.34. The van der Waals surface area contributed by atoms with Crippen LogP contribution in [-0.2, 0) is 0 Å². The molecular weight excluding hydrogens is 299 g/mol. The zero-order chi connectivity index (χ0) is 13.3. The van der Waals surface area contributed by atoms with E-state index in [1.807, 2.05) is 6.92 Å². The molecule has 3 nitrogen and oxygen atoms in total. The minimum absolute atomic E-state index is 0.121. The highest BCUT2D eigenvalue weighted by Crippen LogP contribution is 2.28. The Bertz CT molecular complexity index is 602. The maximum atomic E-state index is 13.7. The summed E-state index contributed by atoms with van der Waals surface area (Å²) < 4.78 is 20.0. The van der Waals surface area contributed by atoms with E-state index in [0.29, 0.717) is 11.6 Å². The van der Waals surface area contributed by atoms with Gasteiger partial charge in [-0.25, -0.2) is 9.37 Å². The molecule has 0 radical (unpaired) electrons. The average molecular weight is 311 g/mol. The molecule has 0 spiro atoms. The second-order valence-corrected chi connectivity index (χ2v) is 4.81. The number of benzene rings is 1. The van der Waals surface area contributed by atoms with Crippen LogP contribution in [-0.4, -0.2) is 4.98 Å². The van der Waals surface area contributed by atoms with Crippen molar-refractivity contribution in [1.82, 2.24) is 4.98 Å². The summed E-state index contributed by atoms with van der Waals surface area (Å²) in [7, 11) is 0. The topological polar surface area (TPSA) is 48.1 Å². The molecule has 1 aromatic heterocycles. The summed E-state index contributed by atoms with van der Waals surface area (Å²) in [6.45, 7) is 3.63. The van der Waals surface area contributed by atoms with Crippen LogP contribution >= 0.6 is 15.9 Å². The van der Waals surface area contributed by atoms with E-state index in [4.69, 9.17) is 10.5 Å². The number of hydrogen-bond donors (Lipinski definition) is 1. The van der Waals surface area contributed by atoms with Gasteiger partial charge in [0.05, 0.1) is 5.69 Å². The summed E-state index contributed by atoms with van der Waals surface area (Å²) in [5.41, 5.74) is 7.55. The van der Waals surface area contributed by atoms with E-state index in [-0.39, 0.29) is 5.75 Å². The average Bonchev–Trinajstić information content (AvgIpc) is 2.31. The molecule has 0 unspecified atom stereocenters. The normalized spacial score (nSPS) is 10.4. The highest BCUT2D eigenvalue weighted by Gasteiger charge is 2.09. The molecule has 0 fully saturated rings. The maximum absolute atomic E-state index is 13.7. The first-order chi connectivity index (χ1) is 8.47. The van der Waals surface area contributed by atoms with Gasteiger partial charge in [0.1, 0.15) is 0 Å². The molecule has 0 aliphatic rings. The highest BCUT2D eigenvalue weighted by molar-refractivity contribution is 9.10. The van der Waals surface area contributed by atoms with E-state index in [1.165, 1.54) is 6.07 Å². The fourth-order valence-corrected chi connectivity index (χ4v) is 1.66. The third-order valence-electron chi connectivity index (χ3n) is 2.53. The first-order valence-corrected chi connectivity index (χ1v) is 6.13. The van der Waals surface area contributed by atoms with Gasteiger partial charge in [0.25, 0.3) is 0 Å². The zero-order valence-corrected chi connectivity index (χ0v) is 11.6. The maximum Gasteiger partial charge on any atom is 0.219 e. The van der Waals surface area contributed by atoms with E-state index in [1.54, 1.807) is 25.1 Å². The predicted molar refractivity (Wildman–Crippen MR) is 72.3 cm³/mol. The third-order valence-corrected chi connectivity index (χ3v) is 3.37. The van der Waals surface area contributed by atoms with E-state index >= 15 is 0 Å². The van der Waals surface area contributed by atoms with Crippen molar-refractivity contribution in [2.24, 2.45) is 0 Å². The van der Waals surface area contributed by atoms with Gasteiger partial charge in [0.2, 0.25) is 5.88 Å². The van der Waals surface area contributed by atoms with Crippen LogP contribution < -0.4 is 10.5 Å². The van der Waals surface area contributed by atoms with Gasteiger partial charge in [-0.1, -0.05) is 0 Å². The van der Waals surface area contributed by atoms with E-state index < -0.39 is 5.82 Å². The van der Waals surface area contributed by atoms with Crippen LogP contribution in [0.4, 0.5) is 10.1 Å². The molecule has 94 valence electrons. The van der Waals surface area contributed by atoms with Crippen LogP contribution in [0.2, 0.25) is 0 Å². The van der Waals surface area contributed by atoms with Gasteiger partial charge in [-0.05, 0) is 47.5 Å². The molecule has 2 rings (SSSR count). The molecule has 0 bridgehead atoms. The first kappa shape index (κ1) is 12.8. The lowest BCUT2D eigenvalue weighted by Crippen LogP contribution is -1.96. The monoisotopic (exact) mass is 310 g/mol. The fourth-order valence-electron chi connectivity index (χ4n) is 1.44. The Kier molecular flexibility index (Phi) is 3.52. The van der Waals surface area contributed by atoms with Crippen LogP contribution in [0.5, 0.6) is 11.6 Å². The second kappa shape index (κ2) is 4.94. The summed E-state index contributed by atoms with van der Waals surface area (Å²) in [4.78, 5) is 4.19. The summed E-state index contributed by atoms with van der Waals surface area (Å²) in [6, 6.07) is 6.28. The zero-order valence-electron chi connectivity index (χ0n) is 10.00. The number of nitrogens with zero attached hydrogens (tertiary/aromatic N) is 1. The SMILES string of the molecule is Cc1cc(Oc2ccc(Br)c(C)n2)c(F)cc1N. The van der Waals surface area contributed by atoms with Crippen molar-refractivity contribution in [3.05, 3.63) is 45.8 Å². The Labute approximate surface area is 113 Å². The van der Waals surface area contributed by atoms with Crippen LogP contribution in [0.25, 0.3) is 0 Å². The first-order valence-electron chi connectivity index (χ1n) is 5.34. The standard InChI is InChI=1S/C13H12BrFN2O/c1-7-5-12(10(15)6-11(7)16)18-13-4-3-9(14)8(2)17-13/h3-6H,16H2,1-2H3. The molecule has 0 atom stereocenters. The van der Waals surface area contributed by atoms with Crippen molar-refractivity contribution >= 4 is 21.6 Å². The van der Waals surface area contributed by atoms with E-state index in [0.717, 1.165) is 15.7 Å². The number of nitrogens with two attached hydrogens (primary N) is 1. The largest absolute Gasteiger partial charge is 0.436 e. The molecule has 0 aliphatic carbocycles. The highest BCUT2D eigenvalue weighted by atomic mass is 79.9. The Morgan fingerprint density at radius 1 is 1.28 bits per heavy atom. The number of anilines is 1. The number of nitrogen functional groups attached to an aromatic ring is 1. The minimum atomic E-state index is -0.500. The lowest BCUT2D eigenvalue weighted by molar-refractivity contribution is 0.426. The quantitative estimate of drug-likeness (QED) is 0.854. The summed E-state index contributed by atoms with van der Waals surface area (Å²) in [6.07, 6.45) is 0. The predicted octanol–water partition coefficient (Wildman–Crippen LogP) is 3.97. The number of halogens is 2. The lowest BCUT2D eigenvalue weighted by atomic mass is 10.2. The molecule has 5 heteroatoms. The second-order valence-electron chi connectivity index (χ2n) is 3.96. The van der Waals surface area contributed by atoms with Crippen molar-refractivity contribution < 1.29 is 9.13 Å². The third kappa shape index (κ3) is 2.61. The van der Waals surface area contributed by atoms with Gasteiger partial charge in [-0.15, -0.1) is 0 Å². The number of aromatic nitrogens is 1. The lowest BCUT2D eigenvalue weighted by Gasteiger charge is -2.09. The Morgan fingerprint density at radius 3 is 2.67 bits per heavy atom.